The quantitative estimate of drug-likeness (QED) is 0.128. The lowest BCUT2D eigenvalue weighted by atomic mass is 9.86. The molecule has 0 N–H and O–H groups in total. The van der Waals surface area contributed by atoms with Crippen molar-refractivity contribution in [2.75, 3.05) is 4.43 Å². The summed E-state index contributed by atoms with van der Waals surface area (Å²) in [6.45, 7) is 0. The maximum atomic E-state index is 13.4. The number of rotatable bonds is 10. The molecule has 0 spiro atoms. The Morgan fingerprint density at radius 2 is 0.667 bits per heavy atom. The molecule has 0 nitrogen and oxygen atoms in total. The molecule has 0 bridgehead atoms. The average molecular weight is 656 g/mol. The Bertz CT molecular complexity index is 690. The molecule has 33 heavy (non-hydrogen) atoms. The van der Waals surface area contributed by atoms with Crippen molar-refractivity contribution in [1.82, 2.24) is 0 Å². The van der Waals surface area contributed by atoms with Gasteiger partial charge in [-0.2, -0.15) is 83.4 Å². The summed E-state index contributed by atoms with van der Waals surface area (Å²) in [5.41, 5.74) is 0. The van der Waals surface area contributed by atoms with Gasteiger partial charge in [0.25, 0.3) is 0 Å². The molecule has 0 aromatic rings. The predicted octanol–water partition coefficient (Wildman–Crippen LogP) is 7.79. The Labute approximate surface area is 181 Å². The minimum atomic E-state index is -8.99. The third kappa shape index (κ3) is 4.18. The molecule has 0 aromatic carbocycles. The minimum Gasteiger partial charge on any atom is -0.241 e. The average Bonchev–Trinajstić information content (AvgIpc) is 2.59. The van der Waals surface area contributed by atoms with Crippen LogP contribution in [0, 0.1) is 0 Å². The molecule has 1 unspecified atom stereocenters. The van der Waals surface area contributed by atoms with Gasteiger partial charge in [-0.25, -0.2) is 4.39 Å². The van der Waals surface area contributed by atoms with Crippen LogP contribution < -0.4 is 0 Å². The van der Waals surface area contributed by atoms with Gasteiger partial charge in [-0.1, -0.05) is 22.6 Å². The van der Waals surface area contributed by atoms with Gasteiger partial charge in [-0.15, -0.1) is 0 Å². The van der Waals surface area contributed by atoms with Crippen LogP contribution in [0.4, 0.5) is 87.8 Å². The van der Waals surface area contributed by atoms with E-state index in [1.54, 1.807) is 0 Å². The van der Waals surface area contributed by atoms with Gasteiger partial charge in [0.2, 0.25) is 0 Å². The fraction of sp³-hybridized carbons (Fsp3) is 1.00. The van der Waals surface area contributed by atoms with Crippen molar-refractivity contribution in [3.05, 3.63) is 0 Å². The van der Waals surface area contributed by atoms with Gasteiger partial charge in [-0.05, 0) is 6.42 Å². The van der Waals surface area contributed by atoms with Gasteiger partial charge >= 0.3 is 53.6 Å². The zero-order chi connectivity index (χ0) is 27.5. The molecular formula is C12H5F20I. The molecule has 0 heterocycles. The molecule has 0 radical (unpaired) electrons. The minimum absolute atomic E-state index is 0.934. The molecule has 21 heteroatoms. The van der Waals surface area contributed by atoms with Gasteiger partial charge in [0.1, 0.15) is 0 Å². The van der Waals surface area contributed by atoms with Crippen molar-refractivity contribution >= 4 is 22.6 Å². The van der Waals surface area contributed by atoms with E-state index in [9.17, 15) is 87.8 Å². The van der Waals surface area contributed by atoms with Gasteiger partial charge in [0, 0.05) is 4.43 Å². The lowest BCUT2D eigenvalue weighted by molar-refractivity contribution is -0.470. The van der Waals surface area contributed by atoms with Crippen LogP contribution in [0.1, 0.15) is 6.42 Å². The van der Waals surface area contributed by atoms with Crippen molar-refractivity contribution < 1.29 is 87.8 Å². The molecule has 0 rings (SSSR count). The van der Waals surface area contributed by atoms with Crippen molar-refractivity contribution in [3.8, 4) is 0 Å². The van der Waals surface area contributed by atoms with E-state index in [-0.39, 0.29) is 0 Å². The van der Waals surface area contributed by atoms with Crippen LogP contribution in [0.5, 0.6) is 0 Å². The van der Waals surface area contributed by atoms with Crippen LogP contribution in [-0.2, 0) is 0 Å². The van der Waals surface area contributed by atoms with Gasteiger partial charge in [0.15, 0.2) is 6.17 Å². The first-order valence-corrected chi connectivity index (χ1v) is 8.80. The second-order valence-electron chi connectivity index (χ2n) is 6.09. The third-order valence-corrected chi connectivity index (χ3v) is 4.52. The molecule has 0 aromatic heterocycles. The highest BCUT2D eigenvalue weighted by Gasteiger charge is 2.96. The molecule has 0 aliphatic rings. The number of halogens is 21. The van der Waals surface area contributed by atoms with Gasteiger partial charge < -0.3 is 0 Å². The first-order valence-electron chi connectivity index (χ1n) is 7.27. The van der Waals surface area contributed by atoms with E-state index in [2.05, 4.69) is 0 Å². The largest absolute Gasteiger partial charge is 0.460 e. The Kier molecular flexibility index (Phi) is 8.30. The lowest BCUT2D eigenvalue weighted by Gasteiger charge is -2.44. The highest BCUT2D eigenvalue weighted by molar-refractivity contribution is 14.1. The molecule has 0 aliphatic heterocycles. The van der Waals surface area contributed by atoms with Crippen LogP contribution in [0.15, 0.2) is 0 Å². The molecule has 0 aliphatic carbocycles. The first kappa shape index (κ1) is 32.3. The fourth-order valence-corrected chi connectivity index (χ4v) is 2.39. The summed E-state index contributed by atoms with van der Waals surface area (Å²) in [6, 6.07) is 0. The second-order valence-corrected chi connectivity index (χ2v) is 7.17. The highest BCUT2D eigenvalue weighted by atomic mass is 127. The highest BCUT2D eigenvalue weighted by Crippen LogP contribution is 2.65. The third-order valence-electron chi connectivity index (χ3n) is 3.90. The van der Waals surface area contributed by atoms with Crippen LogP contribution in [-0.4, -0.2) is 64.2 Å². The summed E-state index contributed by atoms with van der Waals surface area (Å²) in [7, 11) is 0. The number of hydrogen-bond donors (Lipinski definition) is 0. The number of alkyl halides is 21. The van der Waals surface area contributed by atoms with Crippen LogP contribution in [0.2, 0.25) is 0 Å². The molecule has 0 saturated carbocycles. The van der Waals surface area contributed by atoms with E-state index < -0.39 is 70.6 Å². The van der Waals surface area contributed by atoms with E-state index in [0.29, 0.717) is 0 Å². The van der Waals surface area contributed by atoms with E-state index in [1.807, 2.05) is 0 Å². The zero-order valence-corrected chi connectivity index (χ0v) is 16.6. The van der Waals surface area contributed by atoms with Crippen molar-refractivity contribution in [2.45, 2.75) is 66.1 Å². The molecular weight excluding hydrogens is 651 g/mol. The van der Waals surface area contributed by atoms with E-state index >= 15 is 0 Å². The van der Waals surface area contributed by atoms with Crippen LogP contribution >= 0.6 is 22.6 Å². The summed E-state index contributed by atoms with van der Waals surface area (Å²) < 4.78 is 259. The first-order chi connectivity index (χ1) is 14.0. The molecule has 0 saturated heterocycles. The molecule has 0 amide bonds. The molecule has 0 fully saturated rings. The smallest absolute Gasteiger partial charge is 0.241 e. The van der Waals surface area contributed by atoms with E-state index in [4.69, 9.17) is 0 Å². The standard InChI is InChI=1S/C12H5F20I/c13-3(1-2-33)4(14,15)5(16,17)6(18,19)7(20,21)8(22,23)9(24,25)10(26,27)11(28,29)12(30,31)32/h3H,1-2H2. The summed E-state index contributed by atoms with van der Waals surface area (Å²) >= 11 is 0.934. The van der Waals surface area contributed by atoms with Crippen molar-refractivity contribution in [3.63, 3.8) is 0 Å². The fourth-order valence-electron chi connectivity index (χ4n) is 1.85. The molecule has 200 valence electrons. The summed E-state index contributed by atoms with van der Waals surface area (Å²) in [4.78, 5) is 0. The SMILES string of the molecule is FC(CCI)C(F)(F)C(F)(F)C(F)(F)C(F)(F)C(F)(F)C(F)(F)C(F)(F)C(F)(F)C(F)(F)F. The van der Waals surface area contributed by atoms with Gasteiger partial charge in [0.05, 0.1) is 0 Å². The topological polar surface area (TPSA) is 0 Å². The summed E-state index contributed by atoms with van der Waals surface area (Å²) in [6.07, 6.45) is -14.4. The number of hydrogen-bond acceptors (Lipinski definition) is 0. The summed E-state index contributed by atoms with van der Waals surface area (Å²) in [5, 5.41) is 0. The normalized spacial score (nSPS) is 17.4. The Morgan fingerprint density at radius 1 is 0.424 bits per heavy atom. The monoisotopic (exact) mass is 656 g/mol. The lowest BCUT2D eigenvalue weighted by Crippen LogP contribution is -2.76. The Balaban J connectivity index is 6.89. The maximum Gasteiger partial charge on any atom is 0.460 e. The van der Waals surface area contributed by atoms with Crippen molar-refractivity contribution in [1.29, 1.82) is 0 Å². The Hall–Kier alpha value is -0.670. The van der Waals surface area contributed by atoms with Crippen molar-refractivity contribution in [2.24, 2.45) is 0 Å². The Morgan fingerprint density at radius 3 is 0.909 bits per heavy atom. The summed E-state index contributed by atoms with van der Waals surface area (Å²) in [5.74, 6) is -67.7. The van der Waals surface area contributed by atoms with E-state index in [0.717, 1.165) is 22.6 Å². The predicted molar refractivity (Wildman–Crippen MR) is 74.0 cm³/mol. The zero-order valence-electron chi connectivity index (χ0n) is 14.4. The van der Waals surface area contributed by atoms with E-state index in [1.165, 1.54) is 0 Å². The molecule has 1 atom stereocenters. The van der Waals surface area contributed by atoms with Crippen LogP contribution in [0.3, 0.4) is 0 Å². The maximum absolute atomic E-state index is 13.4. The second kappa shape index (κ2) is 8.47. The van der Waals surface area contributed by atoms with Gasteiger partial charge in [-0.3, -0.25) is 0 Å². The van der Waals surface area contributed by atoms with Crippen LogP contribution in [0.25, 0.3) is 0 Å².